The van der Waals surface area contributed by atoms with Crippen LogP contribution in [0.3, 0.4) is 0 Å². The van der Waals surface area contributed by atoms with Gasteiger partial charge in [0, 0.05) is 33.6 Å². The summed E-state index contributed by atoms with van der Waals surface area (Å²) >= 11 is 0. The smallest absolute Gasteiger partial charge is 0.266 e. The molecule has 0 aromatic heterocycles. The fourth-order valence-electron chi connectivity index (χ4n) is 5.88. The first-order valence-corrected chi connectivity index (χ1v) is 17.2. The van der Waals surface area contributed by atoms with E-state index < -0.39 is 23.6 Å². The van der Waals surface area contributed by atoms with E-state index in [1.54, 1.807) is 109 Å². The Morgan fingerprint density at radius 1 is 0.436 bits per heavy atom. The van der Waals surface area contributed by atoms with E-state index in [-0.39, 0.29) is 33.9 Å². The molecular formula is C46H31N3O6. The van der Waals surface area contributed by atoms with Crippen molar-refractivity contribution in [2.45, 2.75) is 0 Å². The SMILES string of the molecule is O=C(C=Cc1ccc(NC(=O)c2ccc(N3C(=O)c4ccc(C(=O)Nc5ccc(C=CC(=O)c6ccccc6)cc5)cc4C3=O)cc2)cc1)c1ccccc1. The molecule has 9 heteroatoms. The highest BCUT2D eigenvalue weighted by atomic mass is 16.2. The summed E-state index contributed by atoms with van der Waals surface area (Å²) in [4.78, 5) is 78.6. The van der Waals surface area contributed by atoms with Gasteiger partial charge in [0.15, 0.2) is 11.6 Å². The molecule has 0 unspecified atom stereocenters. The van der Waals surface area contributed by atoms with Gasteiger partial charge in [-0.3, -0.25) is 28.8 Å². The first kappa shape index (κ1) is 35.6. The highest BCUT2D eigenvalue weighted by Gasteiger charge is 2.37. The van der Waals surface area contributed by atoms with Crippen LogP contribution in [-0.2, 0) is 0 Å². The molecule has 4 amide bonds. The highest BCUT2D eigenvalue weighted by molar-refractivity contribution is 6.35. The van der Waals surface area contributed by atoms with Crippen molar-refractivity contribution >= 4 is 64.4 Å². The molecule has 9 nitrogen and oxygen atoms in total. The number of ketones is 2. The standard InChI is InChI=1S/C46H31N3O6/c50-41(32-7-3-1-4-8-32)27-15-30-11-20-36(21-12-30)47-43(52)34-17-24-38(25-18-34)49-45(54)39-26-19-35(29-40(39)46(49)55)44(53)48-37-22-13-31(14-23-37)16-28-42(51)33-9-5-2-6-10-33/h1-29H,(H,47,52)(H,48,53). The van der Waals surface area contributed by atoms with E-state index in [1.807, 2.05) is 12.1 Å². The first-order chi connectivity index (χ1) is 26.7. The van der Waals surface area contributed by atoms with E-state index in [0.29, 0.717) is 28.1 Å². The number of imide groups is 1. The molecule has 55 heavy (non-hydrogen) atoms. The lowest BCUT2D eigenvalue weighted by Crippen LogP contribution is -2.29. The van der Waals surface area contributed by atoms with Crippen molar-refractivity contribution in [2.75, 3.05) is 15.5 Å². The van der Waals surface area contributed by atoms with Crippen LogP contribution in [0.4, 0.5) is 17.1 Å². The molecule has 0 aliphatic carbocycles. The maximum Gasteiger partial charge on any atom is 0.266 e. The largest absolute Gasteiger partial charge is 0.322 e. The fraction of sp³-hybridized carbons (Fsp3) is 0. The summed E-state index contributed by atoms with van der Waals surface area (Å²) in [6.45, 7) is 0. The van der Waals surface area contributed by atoms with Gasteiger partial charge in [-0.25, -0.2) is 4.90 Å². The van der Waals surface area contributed by atoms with E-state index in [2.05, 4.69) is 10.6 Å². The molecule has 7 rings (SSSR count). The summed E-state index contributed by atoms with van der Waals surface area (Å²) in [5, 5.41) is 5.61. The summed E-state index contributed by atoms with van der Waals surface area (Å²) in [6, 6.07) is 42.2. The molecule has 0 fully saturated rings. The van der Waals surface area contributed by atoms with Gasteiger partial charge in [-0.2, -0.15) is 0 Å². The number of nitrogens with zero attached hydrogens (tertiary/aromatic N) is 1. The van der Waals surface area contributed by atoms with Gasteiger partial charge in [-0.1, -0.05) is 97.1 Å². The topological polar surface area (TPSA) is 130 Å². The molecule has 6 aromatic rings. The number of allylic oxidation sites excluding steroid dienone is 2. The van der Waals surface area contributed by atoms with Crippen molar-refractivity contribution < 1.29 is 28.8 Å². The molecule has 1 aliphatic heterocycles. The maximum atomic E-state index is 13.5. The van der Waals surface area contributed by atoms with Crippen LogP contribution in [-0.4, -0.2) is 35.2 Å². The highest BCUT2D eigenvalue weighted by Crippen LogP contribution is 2.30. The molecule has 1 heterocycles. The molecule has 0 saturated heterocycles. The van der Waals surface area contributed by atoms with E-state index in [9.17, 15) is 28.8 Å². The van der Waals surface area contributed by atoms with Crippen molar-refractivity contribution in [2.24, 2.45) is 0 Å². The molecule has 0 saturated carbocycles. The Morgan fingerprint density at radius 3 is 1.36 bits per heavy atom. The van der Waals surface area contributed by atoms with Gasteiger partial charge in [0.05, 0.1) is 16.8 Å². The Bertz CT molecular complexity index is 2510. The number of rotatable bonds is 11. The number of hydrogen-bond acceptors (Lipinski definition) is 6. The zero-order valence-electron chi connectivity index (χ0n) is 29.1. The number of amides is 4. The monoisotopic (exact) mass is 721 g/mol. The Morgan fingerprint density at radius 2 is 0.873 bits per heavy atom. The second-order valence-electron chi connectivity index (χ2n) is 12.5. The second-order valence-corrected chi connectivity index (χ2v) is 12.5. The van der Waals surface area contributed by atoms with Gasteiger partial charge in [0.25, 0.3) is 23.6 Å². The number of fused-ring (bicyclic) bond motifs is 1. The quantitative estimate of drug-likeness (QED) is 0.0782. The Hall–Kier alpha value is -7.78. The molecule has 266 valence electrons. The van der Waals surface area contributed by atoms with Crippen LogP contribution < -0.4 is 15.5 Å². The molecule has 0 spiro atoms. The Labute approximate surface area is 316 Å². The zero-order valence-corrected chi connectivity index (χ0v) is 29.1. The van der Waals surface area contributed by atoms with E-state index >= 15 is 0 Å². The average molecular weight is 722 g/mol. The third kappa shape index (κ3) is 8.16. The number of carbonyl (C=O) groups excluding carboxylic acids is 6. The second kappa shape index (κ2) is 15.9. The van der Waals surface area contributed by atoms with Gasteiger partial charge in [-0.15, -0.1) is 0 Å². The van der Waals surface area contributed by atoms with Gasteiger partial charge in [-0.05, 0) is 90.0 Å². The van der Waals surface area contributed by atoms with E-state index in [1.165, 1.54) is 54.6 Å². The van der Waals surface area contributed by atoms with Crippen LogP contribution in [0, 0.1) is 0 Å². The van der Waals surface area contributed by atoms with Crippen molar-refractivity contribution in [1.29, 1.82) is 0 Å². The van der Waals surface area contributed by atoms with Gasteiger partial charge in [0.1, 0.15) is 0 Å². The summed E-state index contributed by atoms with van der Waals surface area (Å²) in [6.07, 6.45) is 6.38. The molecule has 2 N–H and O–H groups in total. The zero-order chi connectivity index (χ0) is 38.3. The minimum atomic E-state index is -0.590. The molecular weight excluding hydrogens is 691 g/mol. The van der Waals surface area contributed by atoms with Crippen molar-refractivity contribution in [3.63, 3.8) is 0 Å². The summed E-state index contributed by atoms with van der Waals surface area (Å²) in [5.74, 6) is -2.23. The first-order valence-electron chi connectivity index (χ1n) is 17.2. The number of hydrogen-bond donors (Lipinski definition) is 2. The lowest BCUT2D eigenvalue weighted by molar-refractivity contribution is 0.0923. The molecule has 0 radical (unpaired) electrons. The van der Waals surface area contributed by atoms with Crippen LogP contribution in [0.15, 0.2) is 164 Å². The minimum absolute atomic E-state index is 0.0887. The number of nitrogens with one attached hydrogen (secondary N) is 2. The lowest BCUT2D eigenvalue weighted by atomic mass is 10.1. The summed E-state index contributed by atoms with van der Waals surface area (Å²) in [7, 11) is 0. The molecule has 1 aliphatic rings. The van der Waals surface area contributed by atoms with Crippen molar-refractivity contribution in [3.8, 4) is 0 Å². The molecule has 6 aromatic carbocycles. The van der Waals surface area contributed by atoms with Gasteiger partial charge in [0.2, 0.25) is 0 Å². The van der Waals surface area contributed by atoms with Gasteiger partial charge >= 0.3 is 0 Å². The maximum absolute atomic E-state index is 13.5. The molecule has 0 atom stereocenters. The van der Waals surface area contributed by atoms with Crippen LogP contribution in [0.2, 0.25) is 0 Å². The minimum Gasteiger partial charge on any atom is -0.322 e. The third-order valence-corrected chi connectivity index (χ3v) is 8.84. The summed E-state index contributed by atoms with van der Waals surface area (Å²) in [5.41, 5.74) is 4.80. The average Bonchev–Trinajstić information content (AvgIpc) is 3.48. The Kier molecular flexibility index (Phi) is 10.3. The molecule has 0 bridgehead atoms. The fourth-order valence-corrected chi connectivity index (χ4v) is 5.88. The van der Waals surface area contributed by atoms with Crippen molar-refractivity contribution in [1.82, 2.24) is 0 Å². The number of anilines is 3. The summed E-state index contributed by atoms with van der Waals surface area (Å²) < 4.78 is 0. The third-order valence-electron chi connectivity index (χ3n) is 8.84. The Balaban J connectivity index is 0.952. The van der Waals surface area contributed by atoms with Crippen LogP contribution >= 0.6 is 0 Å². The van der Waals surface area contributed by atoms with Crippen LogP contribution in [0.5, 0.6) is 0 Å². The van der Waals surface area contributed by atoms with Crippen molar-refractivity contribution in [3.05, 3.63) is 208 Å². The number of carbonyl (C=O) groups is 6. The van der Waals surface area contributed by atoms with Gasteiger partial charge < -0.3 is 10.6 Å². The van der Waals surface area contributed by atoms with E-state index in [4.69, 9.17) is 0 Å². The van der Waals surface area contributed by atoms with Crippen LogP contribution in [0.25, 0.3) is 12.2 Å². The lowest BCUT2D eigenvalue weighted by Gasteiger charge is -2.14. The normalized spacial score (nSPS) is 12.2. The van der Waals surface area contributed by atoms with Crippen LogP contribution in [0.1, 0.15) is 73.3 Å². The number of benzene rings is 6. The predicted molar refractivity (Wildman–Crippen MR) is 212 cm³/mol. The predicted octanol–water partition coefficient (Wildman–Crippen LogP) is 8.78. The van der Waals surface area contributed by atoms with E-state index in [0.717, 1.165) is 16.0 Å².